The Morgan fingerprint density at radius 3 is 2.30 bits per heavy atom. The zero-order valence-corrected chi connectivity index (χ0v) is 11.4. The van der Waals surface area contributed by atoms with E-state index in [1.54, 1.807) is 24.3 Å². The number of carbonyl (C=O) groups excluding carboxylic acids is 1. The van der Waals surface area contributed by atoms with Crippen LogP contribution in [0.25, 0.3) is 0 Å². The highest BCUT2D eigenvalue weighted by Crippen LogP contribution is 2.26. The molecule has 1 amide bonds. The second-order valence-corrected chi connectivity index (χ2v) is 4.64. The first-order valence-corrected chi connectivity index (χ1v) is 6.27. The third-order valence-electron chi connectivity index (χ3n) is 2.86. The summed E-state index contributed by atoms with van der Waals surface area (Å²) in [4.78, 5) is 23.3. The minimum atomic E-state index is -1.15. The summed E-state index contributed by atoms with van der Waals surface area (Å²) in [5, 5.41) is 12.1. The van der Waals surface area contributed by atoms with Crippen LogP contribution >= 0.6 is 11.6 Å². The standard InChI is InChI=1S/C15H12ClNO3/c1-9-5-4-8-12(16)13(9)17-14(18)10-6-2-3-7-11(10)15(19)20/h2-8H,1H3,(H,17,18)(H,19,20). The van der Waals surface area contributed by atoms with Crippen LogP contribution in [0.2, 0.25) is 5.02 Å². The molecule has 0 unspecified atom stereocenters. The molecule has 0 saturated heterocycles. The van der Waals surface area contributed by atoms with Crippen molar-refractivity contribution >= 4 is 29.2 Å². The number of carbonyl (C=O) groups is 2. The van der Waals surface area contributed by atoms with E-state index in [-0.39, 0.29) is 11.1 Å². The van der Waals surface area contributed by atoms with Crippen LogP contribution in [0.4, 0.5) is 5.69 Å². The molecule has 0 heterocycles. The predicted molar refractivity (Wildman–Crippen MR) is 77.5 cm³/mol. The van der Waals surface area contributed by atoms with E-state index in [1.165, 1.54) is 12.1 Å². The van der Waals surface area contributed by atoms with Gasteiger partial charge in [-0.2, -0.15) is 0 Å². The number of para-hydroxylation sites is 1. The number of benzene rings is 2. The molecule has 0 aromatic heterocycles. The van der Waals surface area contributed by atoms with Crippen LogP contribution in [0.15, 0.2) is 42.5 Å². The lowest BCUT2D eigenvalue weighted by Crippen LogP contribution is -2.17. The van der Waals surface area contributed by atoms with Crippen molar-refractivity contribution in [3.05, 3.63) is 64.2 Å². The summed E-state index contributed by atoms with van der Waals surface area (Å²) in [7, 11) is 0. The van der Waals surface area contributed by atoms with Crippen LogP contribution < -0.4 is 5.32 Å². The Balaban J connectivity index is 2.36. The molecular weight excluding hydrogens is 278 g/mol. The highest BCUT2D eigenvalue weighted by Gasteiger charge is 2.17. The van der Waals surface area contributed by atoms with E-state index in [0.717, 1.165) is 5.56 Å². The number of aryl methyl sites for hydroxylation is 1. The minimum Gasteiger partial charge on any atom is -0.478 e. The minimum absolute atomic E-state index is 0.0466. The van der Waals surface area contributed by atoms with Crippen molar-refractivity contribution in [1.29, 1.82) is 0 Å². The number of aromatic carboxylic acids is 1. The molecule has 4 nitrogen and oxygen atoms in total. The average molecular weight is 290 g/mol. The molecule has 0 saturated carbocycles. The van der Waals surface area contributed by atoms with Crippen LogP contribution in [-0.4, -0.2) is 17.0 Å². The summed E-state index contributed by atoms with van der Waals surface area (Å²) in [6.45, 7) is 1.81. The summed E-state index contributed by atoms with van der Waals surface area (Å²) in [6.07, 6.45) is 0. The van der Waals surface area contributed by atoms with Crippen LogP contribution in [0.3, 0.4) is 0 Å². The van der Waals surface area contributed by atoms with Crippen molar-refractivity contribution in [2.45, 2.75) is 6.92 Å². The fourth-order valence-corrected chi connectivity index (χ4v) is 2.11. The molecule has 0 aliphatic rings. The van der Waals surface area contributed by atoms with E-state index < -0.39 is 11.9 Å². The molecular formula is C15H12ClNO3. The average Bonchev–Trinajstić information content (AvgIpc) is 2.43. The van der Waals surface area contributed by atoms with Crippen molar-refractivity contribution in [3.8, 4) is 0 Å². The zero-order chi connectivity index (χ0) is 14.7. The van der Waals surface area contributed by atoms with Crippen molar-refractivity contribution in [2.24, 2.45) is 0 Å². The topological polar surface area (TPSA) is 66.4 Å². The number of amides is 1. The van der Waals surface area contributed by atoms with Gasteiger partial charge in [0, 0.05) is 0 Å². The third kappa shape index (κ3) is 2.81. The number of carboxylic acids is 1. The Kier molecular flexibility index (Phi) is 4.05. The molecule has 0 fully saturated rings. The smallest absolute Gasteiger partial charge is 0.336 e. The molecule has 2 N–H and O–H groups in total. The van der Waals surface area contributed by atoms with Crippen LogP contribution in [0.1, 0.15) is 26.3 Å². The Morgan fingerprint density at radius 2 is 1.70 bits per heavy atom. The normalized spacial score (nSPS) is 10.1. The zero-order valence-electron chi connectivity index (χ0n) is 10.7. The van der Waals surface area contributed by atoms with E-state index in [9.17, 15) is 9.59 Å². The lowest BCUT2D eigenvalue weighted by atomic mass is 10.1. The molecule has 2 aromatic rings. The number of anilines is 1. The number of hydrogen-bond donors (Lipinski definition) is 2. The van der Waals surface area contributed by atoms with Gasteiger partial charge in [-0.1, -0.05) is 35.9 Å². The maximum Gasteiger partial charge on any atom is 0.336 e. The molecule has 0 aliphatic carbocycles. The largest absolute Gasteiger partial charge is 0.478 e. The van der Waals surface area contributed by atoms with E-state index in [1.807, 2.05) is 13.0 Å². The van der Waals surface area contributed by atoms with Gasteiger partial charge in [-0.15, -0.1) is 0 Å². The fourth-order valence-electron chi connectivity index (χ4n) is 1.84. The monoisotopic (exact) mass is 289 g/mol. The van der Waals surface area contributed by atoms with Crippen LogP contribution in [-0.2, 0) is 0 Å². The first-order valence-electron chi connectivity index (χ1n) is 5.89. The van der Waals surface area contributed by atoms with Gasteiger partial charge in [0.05, 0.1) is 21.8 Å². The number of carboxylic acid groups (broad SMARTS) is 1. The summed E-state index contributed by atoms with van der Waals surface area (Å²) in [6, 6.07) is 11.3. The molecule has 2 aromatic carbocycles. The van der Waals surface area contributed by atoms with Crippen LogP contribution in [0, 0.1) is 6.92 Å². The molecule has 0 atom stereocenters. The third-order valence-corrected chi connectivity index (χ3v) is 3.18. The molecule has 0 bridgehead atoms. The van der Waals surface area contributed by atoms with Gasteiger partial charge in [0.1, 0.15) is 0 Å². The van der Waals surface area contributed by atoms with Crippen LogP contribution in [0.5, 0.6) is 0 Å². The first-order chi connectivity index (χ1) is 9.50. The summed E-state index contributed by atoms with van der Waals surface area (Å²) in [5.74, 6) is -1.65. The Bertz CT molecular complexity index is 662. The van der Waals surface area contributed by atoms with Crippen molar-refractivity contribution in [3.63, 3.8) is 0 Å². The summed E-state index contributed by atoms with van der Waals surface area (Å²) < 4.78 is 0. The fraction of sp³-hybridized carbons (Fsp3) is 0.0667. The Morgan fingerprint density at radius 1 is 1.05 bits per heavy atom. The van der Waals surface area contributed by atoms with Gasteiger partial charge in [0.25, 0.3) is 5.91 Å². The quantitative estimate of drug-likeness (QED) is 0.907. The lowest BCUT2D eigenvalue weighted by Gasteiger charge is -2.11. The van der Waals surface area contributed by atoms with Gasteiger partial charge in [-0.25, -0.2) is 4.79 Å². The summed E-state index contributed by atoms with van der Waals surface area (Å²) >= 11 is 6.03. The highest BCUT2D eigenvalue weighted by atomic mass is 35.5. The lowest BCUT2D eigenvalue weighted by molar-refractivity contribution is 0.0692. The number of nitrogens with one attached hydrogen (secondary N) is 1. The van der Waals surface area contributed by atoms with Crippen molar-refractivity contribution in [2.75, 3.05) is 5.32 Å². The molecule has 0 radical (unpaired) electrons. The Labute approximate surface area is 121 Å². The SMILES string of the molecule is Cc1cccc(Cl)c1NC(=O)c1ccccc1C(=O)O. The van der Waals surface area contributed by atoms with E-state index >= 15 is 0 Å². The number of rotatable bonds is 3. The van der Waals surface area contributed by atoms with Gasteiger partial charge in [0.2, 0.25) is 0 Å². The molecule has 5 heteroatoms. The van der Waals surface area contributed by atoms with Crippen molar-refractivity contribution in [1.82, 2.24) is 0 Å². The van der Waals surface area contributed by atoms with Gasteiger partial charge in [0.15, 0.2) is 0 Å². The van der Waals surface area contributed by atoms with E-state index in [2.05, 4.69) is 5.32 Å². The maximum atomic E-state index is 12.2. The second-order valence-electron chi connectivity index (χ2n) is 4.24. The van der Waals surface area contributed by atoms with Gasteiger partial charge >= 0.3 is 5.97 Å². The molecule has 20 heavy (non-hydrogen) atoms. The predicted octanol–water partition coefficient (Wildman–Crippen LogP) is 3.60. The number of hydrogen-bond acceptors (Lipinski definition) is 2. The van der Waals surface area contributed by atoms with E-state index in [0.29, 0.717) is 10.7 Å². The molecule has 102 valence electrons. The Hall–Kier alpha value is -2.33. The first kappa shape index (κ1) is 14.1. The van der Waals surface area contributed by atoms with Gasteiger partial charge in [-0.3, -0.25) is 4.79 Å². The van der Waals surface area contributed by atoms with Gasteiger partial charge < -0.3 is 10.4 Å². The summed E-state index contributed by atoms with van der Waals surface area (Å²) in [5.41, 5.74) is 1.34. The van der Waals surface area contributed by atoms with E-state index in [4.69, 9.17) is 16.7 Å². The maximum absolute atomic E-state index is 12.2. The highest BCUT2D eigenvalue weighted by molar-refractivity contribution is 6.34. The van der Waals surface area contributed by atoms with Crippen molar-refractivity contribution < 1.29 is 14.7 Å². The second kappa shape index (κ2) is 5.75. The van der Waals surface area contributed by atoms with Gasteiger partial charge in [-0.05, 0) is 30.7 Å². The molecule has 2 rings (SSSR count). The molecule has 0 spiro atoms. The number of halogens is 1. The molecule has 0 aliphatic heterocycles.